The first-order valence-corrected chi connectivity index (χ1v) is 4.16. The van der Waals surface area contributed by atoms with Gasteiger partial charge in [0.25, 0.3) is 0 Å². The van der Waals surface area contributed by atoms with Crippen LogP contribution in [0, 0.1) is 12.3 Å². The maximum absolute atomic E-state index is 7.58. The van der Waals surface area contributed by atoms with Gasteiger partial charge in [0.2, 0.25) is 0 Å². The van der Waals surface area contributed by atoms with Gasteiger partial charge in [0.1, 0.15) is 0 Å². The fourth-order valence-electron chi connectivity index (χ4n) is 1.43. The van der Waals surface area contributed by atoms with Crippen LogP contribution in [-0.4, -0.2) is 10.7 Å². The van der Waals surface area contributed by atoms with E-state index < -0.39 is 0 Å². The molecular formula is C10H14N2. The average Bonchev–Trinajstić information content (AvgIpc) is 2.03. The monoisotopic (exact) mass is 162 g/mol. The Kier molecular flexibility index (Phi) is 2.58. The predicted octanol–water partition coefficient (Wildman–Crippen LogP) is 2.34. The predicted molar refractivity (Wildman–Crippen MR) is 50.9 cm³/mol. The molecule has 0 saturated carbocycles. The molecule has 0 spiro atoms. The summed E-state index contributed by atoms with van der Waals surface area (Å²) in [4.78, 5) is 4.17. The molecular weight excluding hydrogens is 148 g/mol. The summed E-state index contributed by atoms with van der Waals surface area (Å²) in [6.45, 7) is 5.86. The summed E-state index contributed by atoms with van der Waals surface area (Å²) in [7, 11) is 0. The number of hydrogen-bond donors (Lipinski definition) is 1. The van der Waals surface area contributed by atoms with E-state index in [0.717, 1.165) is 17.7 Å². The number of aromatic nitrogens is 1. The van der Waals surface area contributed by atoms with Crippen molar-refractivity contribution < 1.29 is 0 Å². The lowest BCUT2D eigenvalue weighted by molar-refractivity contribution is 1.07. The lowest BCUT2D eigenvalue weighted by Gasteiger charge is -2.07. The van der Waals surface area contributed by atoms with Crippen molar-refractivity contribution in [2.75, 3.05) is 0 Å². The lowest BCUT2D eigenvalue weighted by atomic mass is 10.0. The topological polar surface area (TPSA) is 36.7 Å². The third kappa shape index (κ3) is 1.52. The normalized spacial score (nSPS) is 9.92. The van der Waals surface area contributed by atoms with Gasteiger partial charge in [-0.25, -0.2) is 0 Å². The molecule has 0 radical (unpaired) electrons. The van der Waals surface area contributed by atoms with Gasteiger partial charge in [0.05, 0.1) is 0 Å². The van der Waals surface area contributed by atoms with Crippen molar-refractivity contribution in [3.8, 4) is 0 Å². The van der Waals surface area contributed by atoms with E-state index in [1.807, 2.05) is 19.9 Å². The first-order valence-electron chi connectivity index (χ1n) is 4.16. The second-order valence-corrected chi connectivity index (χ2v) is 2.91. The van der Waals surface area contributed by atoms with Crippen LogP contribution in [0.5, 0.6) is 0 Å². The van der Waals surface area contributed by atoms with Crippen molar-refractivity contribution in [2.45, 2.75) is 27.2 Å². The molecule has 2 heteroatoms. The fourth-order valence-corrected chi connectivity index (χ4v) is 1.43. The van der Waals surface area contributed by atoms with Gasteiger partial charge in [0.15, 0.2) is 0 Å². The molecule has 0 aliphatic rings. The largest absolute Gasteiger partial charge is 0.305 e. The first kappa shape index (κ1) is 8.91. The van der Waals surface area contributed by atoms with Crippen LogP contribution in [0.2, 0.25) is 0 Å². The first-order chi connectivity index (χ1) is 5.66. The Morgan fingerprint density at radius 1 is 1.58 bits per heavy atom. The van der Waals surface area contributed by atoms with Gasteiger partial charge in [0, 0.05) is 23.2 Å². The zero-order valence-corrected chi connectivity index (χ0v) is 7.81. The second kappa shape index (κ2) is 3.48. The van der Waals surface area contributed by atoms with E-state index in [-0.39, 0.29) is 0 Å². The van der Waals surface area contributed by atoms with Gasteiger partial charge in [-0.15, -0.1) is 0 Å². The highest BCUT2D eigenvalue weighted by Gasteiger charge is 2.05. The minimum absolute atomic E-state index is 0.609. The minimum Gasteiger partial charge on any atom is -0.305 e. The molecule has 1 rings (SSSR count). The van der Waals surface area contributed by atoms with E-state index in [1.165, 1.54) is 5.56 Å². The van der Waals surface area contributed by atoms with Crippen LogP contribution in [0.15, 0.2) is 12.3 Å². The molecule has 0 atom stereocenters. The summed E-state index contributed by atoms with van der Waals surface area (Å²) < 4.78 is 0. The standard InChI is InChI=1S/C10H14N2/c1-4-9-5-6-12-8(3)10(9)7(2)11/h5-6,11H,4H2,1-3H3. The van der Waals surface area contributed by atoms with Crippen molar-refractivity contribution in [3.05, 3.63) is 29.1 Å². The third-order valence-electron chi connectivity index (χ3n) is 1.98. The molecule has 0 fully saturated rings. The number of aryl methyl sites for hydroxylation is 2. The fraction of sp³-hybridized carbons (Fsp3) is 0.400. The van der Waals surface area contributed by atoms with E-state index in [1.54, 1.807) is 6.20 Å². The highest BCUT2D eigenvalue weighted by molar-refractivity contribution is 5.98. The minimum atomic E-state index is 0.609. The van der Waals surface area contributed by atoms with E-state index in [0.29, 0.717) is 5.71 Å². The molecule has 12 heavy (non-hydrogen) atoms. The van der Waals surface area contributed by atoms with Gasteiger partial charge in [-0.3, -0.25) is 4.98 Å². The Balaban J connectivity index is 3.29. The van der Waals surface area contributed by atoms with E-state index in [9.17, 15) is 0 Å². The van der Waals surface area contributed by atoms with Gasteiger partial charge < -0.3 is 5.41 Å². The van der Waals surface area contributed by atoms with Crippen molar-refractivity contribution in [2.24, 2.45) is 0 Å². The van der Waals surface area contributed by atoms with Gasteiger partial charge >= 0.3 is 0 Å². The maximum atomic E-state index is 7.58. The molecule has 0 amide bonds. The highest BCUT2D eigenvalue weighted by atomic mass is 14.7. The van der Waals surface area contributed by atoms with Crippen molar-refractivity contribution >= 4 is 5.71 Å². The molecule has 1 N–H and O–H groups in total. The lowest BCUT2D eigenvalue weighted by Crippen LogP contribution is -2.03. The number of hydrogen-bond acceptors (Lipinski definition) is 2. The molecule has 1 aromatic rings. The zero-order valence-electron chi connectivity index (χ0n) is 7.81. The molecule has 0 bridgehead atoms. The summed E-state index contributed by atoms with van der Waals surface area (Å²) in [5.41, 5.74) is 3.80. The van der Waals surface area contributed by atoms with Crippen molar-refractivity contribution in [3.63, 3.8) is 0 Å². The molecule has 0 saturated heterocycles. The Bertz CT molecular complexity index is 303. The summed E-state index contributed by atoms with van der Waals surface area (Å²) in [5, 5.41) is 7.58. The molecule has 0 aliphatic heterocycles. The Morgan fingerprint density at radius 2 is 2.25 bits per heavy atom. The van der Waals surface area contributed by atoms with Crippen molar-refractivity contribution in [1.29, 1.82) is 5.41 Å². The number of nitrogens with one attached hydrogen (secondary N) is 1. The third-order valence-corrected chi connectivity index (χ3v) is 1.98. The van der Waals surface area contributed by atoms with Crippen LogP contribution in [0.25, 0.3) is 0 Å². The maximum Gasteiger partial charge on any atom is 0.0465 e. The molecule has 1 heterocycles. The molecule has 2 nitrogen and oxygen atoms in total. The quantitative estimate of drug-likeness (QED) is 0.666. The summed E-state index contributed by atoms with van der Waals surface area (Å²) in [6, 6.07) is 1.99. The van der Waals surface area contributed by atoms with Crippen LogP contribution in [0.1, 0.15) is 30.7 Å². The smallest absolute Gasteiger partial charge is 0.0465 e. The van der Waals surface area contributed by atoms with E-state index in [2.05, 4.69) is 11.9 Å². The molecule has 64 valence electrons. The summed E-state index contributed by atoms with van der Waals surface area (Å²) in [6.07, 6.45) is 2.77. The number of nitrogens with zero attached hydrogens (tertiary/aromatic N) is 1. The number of pyridine rings is 1. The van der Waals surface area contributed by atoms with Crippen molar-refractivity contribution in [1.82, 2.24) is 4.98 Å². The summed E-state index contributed by atoms with van der Waals surface area (Å²) >= 11 is 0. The van der Waals surface area contributed by atoms with Crippen LogP contribution in [0.4, 0.5) is 0 Å². The Labute approximate surface area is 73.2 Å². The highest BCUT2D eigenvalue weighted by Crippen LogP contribution is 2.12. The van der Waals surface area contributed by atoms with Crippen LogP contribution in [-0.2, 0) is 6.42 Å². The second-order valence-electron chi connectivity index (χ2n) is 2.91. The Hall–Kier alpha value is -1.18. The zero-order chi connectivity index (χ0) is 9.14. The molecule has 1 aromatic heterocycles. The van der Waals surface area contributed by atoms with Crippen LogP contribution >= 0.6 is 0 Å². The Morgan fingerprint density at radius 3 is 2.67 bits per heavy atom. The van der Waals surface area contributed by atoms with E-state index in [4.69, 9.17) is 5.41 Å². The van der Waals surface area contributed by atoms with Gasteiger partial charge in [-0.2, -0.15) is 0 Å². The molecule has 0 unspecified atom stereocenters. The summed E-state index contributed by atoms with van der Waals surface area (Å²) in [5.74, 6) is 0. The van der Waals surface area contributed by atoms with Crippen LogP contribution < -0.4 is 0 Å². The molecule has 0 aromatic carbocycles. The SMILES string of the molecule is CCc1ccnc(C)c1C(C)=N. The van der Waals surface area contributed by atoms with Gasteiger partial charge in [-0.05, 0) is 31.9 Å². The average molecular weight is 162 g/mol. The van der Waals surface area contributed by atoms with E-state index >= 15 is 0 Å². The molecule has 0 aliphatic carbocycles. The number of rotatable bonds is 2. The van der Waals surface area contributed by atoms with Crippen LogP contribution in [0.3, 0.4) is 0 Å². The van der Waals surface area contributed by atoms with Gasteiger partial charge in [-0.1, -0.05) is 6.92 Å².